The number of likely N-dealkylation sites (tertiary alicyclic amines) is 1. The van der Waals surface area contributed by atoms with Gasteiger partial charge >= 0.3 is 0 Å². The molecule has 0 bridgehead atoms. The minimum atomic E-state index is -0.188. The second-order valence-electron chi connectivity index (χ2n) is 7.37. The van der Waals surface area contributed by atoms with Crippen LogP contribution in [0.2, 0.25) is 0 Å². The van der Waals surface area contributed by atoms with Crippen LogP contribution in [0.1, 0.15) is 36.5 Å². The predicted molar refractivity (Wildman–Crippen MR) is 99.8 cm³/mol. The van der Waals surface area contributed by atoms with Gasteiger partial charge in [-0.05, 0) is 44.5 Å². The highest BCUT2D eigenvalue weighted by atomic mass is 16.2. The van der Waals surface area contributed by atoms with E-state index in [0.717, 1.165) is 43.3 Å². The van der Waals surface area contributed by atoms with Crippen LogP contribution in [0.25, 0.3) is 10.9 Å². The number of nitrogens with one attached hydrogen (secondary N) is 2. The smallest absolute Gasteiger partial charge is 0.256 e. The summed E-state index contributed by atoms with van der Waals surface area (Å²) in [6, 6.07) is 9.62. The molecule has 2 N–H and O–H groups in total. The summed E-state index contributed by atoms with van der Waals surface area (Å²) < 4.78 is 0. The van der Waals surface area contributed by atoms with Crippen molar-refractivity contribution in [3.05, 3.63) is 42.1 Å². The number of carbonyl (C=O) groups excluding carboxylic acids is 2. The number of hydrogen-bond donors (Lipinski definition) is 2. The summed E-state index contributed by atoms with van der Waals surface area (Å²) in [5, 5.41) is 7.37. The standard InChI is InChI=1S/C20H24N4O2/c1-14(25)23-16-12-20(7-10-21-11-8-20)24(13-16)19(26)17-6-2-4-15-5-3-9-22-18(15)17/h2-6,9,16,21H,7-8,10-13H2,1H3,(H,23,25)/t16-/m1/s1. The van der Waals surface area contributed by atoms with Crippen LogP contribution in [-0.4, -0.2) is 52.9 Å². The Balaban J connectivity index is 1.71. The van der Waals surface area contributed by atoms with Crippen LogP contribution in [-0.2, 0) is 4.79 Å². The van der Waals surface area contributed by atoms with Gasteiger partial charge in [-0.3, -0.25) is 14.6 Å². The van der Waals surface area contributed by atoms with Gasteiger partial charge in [0.05, 0.1) is 11.1 Å². The highest BCUT2D eigenvalue weighted by Crippen LogP contribution is 2.38. The molecule has 4 rings (SSSR count). The molecule has 2 aliphatic heterocycles. The fourth-order valence-corrected chi connectivity index (χ4v) is 4.52. The molecule has 26 heavy (non-hydrogen) atoms. The van der Waals surface area contributed by atoms with E-state index in [0.29, 0.717) is 12.1 Å². The van der Waals surface area contributed by atoms with Crippen molar-refractivity contribution in [3.8, 4) is 0 Å². The molecule has 2 aliphatic rings. The topological polar surface area (TPSA) is 74.3 Å². The SMILES string of the molecule is CC(=O)N[C@H]1CN(C(=O)c2cccc3cccnc23)C2(CCNCC2)C1. The number of rotatable bonds is 2. The summed E-state index contributed by atoms with van der Waals surface area (Å²) in [4.78, 5) is 31.5. The lowest BCUT2D eigenvalue weighted by Gasteiger charge is -2.41. The average molecular weight is 352 g/mol. The number of carbonyl (C=O) groups is 2. The Bertz CT molecular complexity index is 839. The van der Waals surface area contributed by atoms with E-state index in [4.69, 9.17) is 0 Å². The van der Waals surface area contributed by atoms with Crippen LogP contribution in [0.15, 0.2) is 36.5 Å². The Morgan fingerprint density at radius 2 is 2.00 bits per heavy atom. The zero-order valence-corrected chi connectivity index (χ0v) is 15.0. The van der Waals surface area contributed by atoms with E-state index in [9.17, 15) is 9.59 Å². The van der Waals surface area contributed by atoms with Crippen molar-refractivity contribution in [2.24, 2.45) is 0 Å². The summed E-state index contributed by atoms with van der Waals surface area (Å²) in [6.45, 7) is 3.88. The predicted octanol–water partition coefficient (Wildman–Crippen LogP) is 1.71. The molecule has 2 fully saturated rings. The third kappa shape index (κ3) is 2.94. The van der Waals surface area contributed by atoms with Gasteiger partial charge in [0.15, 0.2) is 0 Å². The number of fused-ring (bicyclic) bond motifs is 1. The fraction of sp³-hybridized carbons (Fsp3) is 0.450. The molecule has 1 aromatic carbocycles. The lowest BCUT2D eigenvalue weighted by Crippen LogP contribution is -2.53. The molecule has 0 aliphatic carbocycles. The minimum Gasteiger partial charge on any atom is -0.352 e. The Kier molecular flexibility index (Phi) is 4.36. The summed E-state index contributed by atoms with van der Waals surface area (Å²) >= 11 is 0. The summed E-state index contributed by atoms with van der Waals surface area (Å²) in [7, 11) is 0. The largest absolute Gasteiger partial charge is 0.352 e. The van der Waals surface area contributed by atoms with E-state index in [1.54, 1.807) is 6.20 Å². The maximum atomic E-state index is 13.5. The van der Waals surface area contributed by atoms with Crippen molar-refractivity contribution < 1.29 is 9.59 Å². The number of hydrogen-bond acceptors (Lipinski definition) is 4. The van der Waals surface area contributed by atoms with E-state index in [1.165, 1.54) is 6.92 Å². The van der Waals surface area contributed by atoms with Crippen molar-refractivity contribution in [1.29, 1.82) is 0 Å². The molecule has 2 aromatic rings. The fourth-order valence-electron chi connectivity index (χ4n) is 4.52. The molecule has 6 heteroatoms. The van der Waals surface area contributed by atoms with Crippen LogP contribution >= 0.6 is 0 Å². The minimum absolute atomic E-state index is 0.0116. The molecule has 0 saturated carbocycles. The molecular formula is C20H24N4O2. The van der Waals surface area contributed by atoms with Gasteiger partial charge in [0.25, 0.3) is 5.91 Å². The normalized spacial score (nSPS) is 21.9. The Hall–Kier alpha value is -2.47. The molecule has 3 heterocycles. The number of pyridine rings is 1. The number of piperidine rings is 1. The first-order valence-corrected chi connectivity index (χ1v) is 9.23. The molecule has 2 amide bonds. The van der Waals surface area contributed by atoms with E-state index >= 15 is 0 Å². The molecule has 0 unspecified atom stereocenters. The summed E-state index contributed by atoms with van der Waals surface area (Å²) in [6.07, 6.45) is 4.36. The first-order valence-electron chi connectivity index (χ1n) is 9.23. The lowest BCUT2D eigenvalue weighted by molar-refractivity contribution is -0.119. The molecule has 1 aromatic heterocycles. The number of amides is 2. The third-order valence-corrected chi connectivity index (χ3v) is 5.65. The number of para-hydroxylation sites is 1. The van der Waals surface area contributed by atoms with Gasteiger partial charge in [0, 0.05) is 36.6 Å². The molecular weight excluding hydrogens is 328 g/mol. The van der Waals surface area contributed by atoms with Crippen molar-refractivity contribution in [2.75, 3.05) is 19.6 Å². The van der Waals surface area contributed by atoms with Crippen molar-refractivity contribution in [1.82, 2.24) is 20.5 Å². The van der Waals surface area contributed by atoms with E-state index in [1.807, 2.05) is 35.2 Å². The van der Waals surface area contributed by atoms with Gasteiger partial charge < -0.3 is 15.5 Å². The van der Waals surface area contributed by atoms with Crippen LogP contribution < -0.4 is 10.6 Å². The number of nitrogens with zero attached hydrogens (tertiary/aromatic N) is 2. The van der Waals surface area contributed by atoms with Gasteiger partial charge in [0.2, 0.25) is 5.91 Å². The van der Waals surface area contributed by atoms with Gasteiger partial charge in [-0.2, -0.15) is 0 Å². The maximum absolute atomic E-state index is 13.5. The zero-order chi connectivity index (χ0) is 18.1. The van der Waals surface area contributed by atoms with E-state index in [2.05, 4.69) is 15.6 Å². The monoisotopic (exact) mass is 352 g/mol. The quantitative estimate of drug-likeness (QED) is 0.863. The first kappa shape index (κ1) is 17.0. The Morgan fingerprint density at radius 1 is 1.23 bits per heavy atom. The van der Waals surface area contributed by atoms with Gasteiger partial charge in [-0.15, -0.1) is 0 Å². The molecule has 0 radical (unpaired) electrons. The average Bonchev–Trinajstić information content (AvgIpc) is 2.97. The second kappa shape index (κ2) is 6.68. The van der Waals surface area contributed by atoms with Gasteiger partial charge in [-0.25, -0.2) is 0 Å². The molecule has 136 valence electrons. The van der Waals surface area contributed by atoms with Crippen molar-refractivity contribution >= 4 is 22.7 Å². The highest BCUT2D eigenvalue weighted by Gasteiger charge is 2.48. The van der Waals surface area contributed by atoms with E-state index in [-0.39, 0.29) is 23.4 Å². The van der Waals surface area contributed by atoms with Crippen LogP contribution in [0.3, 0.4) is 0 Å². The van der Waals surface area contributed by atoms with Crippen LogP contribution in [0.5, 0.6) is 0 Å². The maximum Gasteiger partial charge on any atom is 0.256 e. The molecule has 1 spiro atoms. The molecule has 1 atom stereocenters. The number of benzene rings is 1. The van der Waals surface area contributed by atoms with Crippen molar-refractivity contribution in [2.45, 2.75) is 37.8 Å². The summed E-state index contributed by atoms with van der Waals surface area (Å²) in [5.74, 6) is -0.0238. The second-order valence-corrected chi connectivity index (χ2v) is 7.37. The lowest BCUT2D eigenvalue weighted by atomic mass is 9.84. The number of aromatic nitrogens is 1. The summed E-state index contributed by atoms with van der Waals surface area (Å²) in [5.41, 5.74) is 1.20. The van der Waals surface area contributed by atoms with Gasteiger partial charge in [0.1, 0.15) is 0 Å². The highest BCUT2D eigenvalue weighted by molar-refractivity contribution is 6.05. The van der Waals surface area contributed by atoms with Crippen molar-refractivity contribution in [3.63, 3.8) is 0 Å². The first-order chi connectivity index (χ1) is 12.6. The Labute approximate surface area is 153 Å². The molecule has 6 nitrogen and oxygen atoms in total. The van der Waals surface area contributed by atoms with E-state index < -0.39 is 0 Å². The molecule has 2 saturated heterocycles. The van der Waals surface area contributed by atoms with Gasteiger partial charge in [-0.1, -0.05) is 18.2 Å². The van der Waals surface area contributed by atoms with Crippen LogP contribution in [0.4, 0.5) is 0 Å². The Morgan fingerprint density at radius 3 is 2.77 bits per heavy atom. The van der Waals surface area contributed by atoms with Crippen LogP contribution in [0, 0.1) is 0 Å². The third-order valence-electron chi connectivity index (χ3n) is 5.65. The zero-order valence-electron chi connectivity index (χ0n) is 15.0.